The van der Waals surface area contributed by atoms with Crippen LogP contribution < -0.4 is 9.62 Å². The third-order valence-electron chi connectivity index (χ3n) is 6.81. The summed E-state index contributed by atoms with van der Waals surface area (Å²) in [7, 11) is -4.11. The van der Waals surface area contributed by atoms with Crippen molar-refractivity contribution in [3.63, 3.8) is 0 Å². The van der Waals surface area contributed by atoms with Crippen molar-refractivity contribution < 1.29 is 18.0 Å². The van der Waals surface area contributed by atoms with E-state index in [1.165, 1.54) is 4.90 Å². The second-order valence-corrected chi connectivity index (χ2v) is 12.8. The smallest absolute Gasteiger partial charge is 0.264 e. The van der Waals surface area contributed by atoms with E-state index < -0.39 is 28.5 Å². The Hall–Kier alpha value is -3.17. The average molecular weight is 629 g/mol. The highest BCUT2D eigenvalue weighted by Gasteiger charge is 2.34. The van der Waals surface area contributed by atoms with Gasteiger partial charge in [-0.3, -0.25) is 13.9 Å². The van der Waals surface area contributed by atoms with Gasteiger partial charge in [-0.2, -0.15) is 0 Å². The molecule has 2 atom stereocenters. The number of rotatable bonds is 12. The van der Waals surface area contributed by atoms with Crippen molar-refractivity contribution in [3.05, 3.63) is 94.0 Å². The Balaban J connectivity index is 2.06. The summed E-state index contributed by atoms with van der Waals surface area (Å²) < 4.78 is 29.7. The number of benzene rings is 3. The molecular weight excluding hydrogens is 590 g/mol. The van der Waals surface area contributed by atoms with Gasteiger partial charge in [-0.05, 0) is 69.5 Å². The molecule has 1 N–H and O–H groups in total. The van der Waals surface area contributed by atoms with E-state index in [9.17, 15) is 18.0 Å². The molecule has 0 aromatic heterocycles. The van der Waals surface area contributed by atoms with Crippen LogP contribution in [0.15, 0.2) is 82.2 Å². The lowest BCUT2D eigenvalue weighted by Crippen LogP contribution is -2.53. The van der Waals surface area contributed by atoms with Crippen LogP contribution in [0.4, 0.5) is 5.69 Å². The fourth-order valence-corrected chi connectivity index (χ4v) is 6.16. The number of halogens is 1. The maximum Gasteiger partial charge on any atom is 0.264 e. The summed E-state index contributed by atoms with van der Waals surface area (Å²) in [4.78, 5) is 29.1. The predicted octanol–water partition coefficient (Wildman–Crippen LogP) is 5.98. The maximum absolute atomic E-state index is 14.1. The quantitative estimate of drug-likeness (QED) is 0.267. The minimum absolute atomic E-state index is 0.0578. The predicted molar refractivity (Wildman–Crippen MR) is 164 cm³/mol. The van der Waals surface area contributed by atoms with Gasteiger partial charge in [0.2, 0.25) is 11.8 Å². The molecule has 3 rings (SSSR count). The number of nitrogens with one attached hydrogen (secondary N) is 1. The fraction of sp³-hybridized carbons (Fsp3) is 0.355. The molecule has 0 aliphatic rings. The summed E-state index contributed by atoms with van der Waals surface area (Å²) in [6.07, 6.45) is 1.13. The van der Waals surface area contributed by atoms with Crippen LogP contribution in [0, 0.1) is 13.8 Å². The van der Waals surface area contributed by atoms with Crippen molar-refractivity contribution in [1.29, 1.82) is 0 Å². The van der Waals surface area contributed by atoms with Gasteiger partial charge in [-0.15, -0.1) is 0 Å². The number of carbonyl (C=O) groups excluding carboxylic acids is 2. The number of hydrogen-bond acceptors (Lipinski definition) is 4. The first-order chi connectivity index (χ1) is 19.0. The van der Waals surface area contributed by atoms with Gasteiger partial charge in [0.05, 0.1) is 10.6 Å². The van der Waals surface area contributed by atoms with Crippen LogP contribution in [0.3, 0.4) is 0 Å². The van der Waals surface area contributed by atoms with Gasteiger partial charge < -0.3 is 10.2 Å². The van der Waals surface area contributed by atoms with Gasteiger partial charge in [-0.1, -0.05) is 83.4 Å². The van der Waals surface area contributed by atoms with Crippen LogP contribution in [-0.4, -0.2) is 43.8 Å². The maximum atomic E-state index is 14.1. The zero-order chi connectivity index (χ0) is 29.4. The van der Waals surface area contributed by atoms with E-state index in [1.54, 1.807) is 48.5 Å². The lowest BCUT2D eigenvalue weighted by Gasteiger charge is -2.33. The number of sulfonamides is 1. The molecule has 0 bridgehead atoms. The van der Waals surface area contributed by atoms with Crippen molar-refractivity contribution in [2.45, 2.75) is 71.0 Å². The molecule has 0 spiro atoms. The van der Waals surface area contributed by atoms with Crippen LogP contribution in [-0.2, 0) is 26.2 Å². The first-order valence-corrected chi connectivity index (χ1v) is 15.7. The van der Waals surface area contributed by atoms with E-state index in [0.717, 1.165) is 27.4 Å². The van der Waals surface area contributed by atoms with Gasteiger partial charge in [0.25, 0.3) is 10.0 Å². The zero-order valence-electron chi connectivity index (χ0n) is 23.7. The van der Waals surface area contributed by atoms with Crippen molar-refractivity contribution >= 4 is 43.5 Å². The second-order valence-electron chi connectivity index (χ2n) is 10.1. The average Bonchev–Trinajstić information content (AvgIpc) is 2.91. The number of anilines is 1. The summed E-state index contributed by atoms with van der Waals surface area (Å²) in [6, 6.07) is 20.3. The van der Waals surface area contributed by atoms with Crippen molar-refractivity contribution in [1.82, 2.24) is 10.2 Å². The topological polar surface area (TPSA) is 86.8 Å². The molecule has 3 aromatic rings. The van der Waals surface area contributed by atoms with Gasteiger partial charge in [-0.25, -0.2) is 8.42 Å². The van der Waals surface area contributed by atoms with Gasteiger partial charge in [0.1, 0.15) is 12.6 Å². The molecular formula is C31H38BrN3O4S. The van der Waals surface area contributed by atoms with Gasteiger partial charge in [0, 0.05) is 17.1 Å². The van der Waals surface area contributed by atoms with Crippen LogP contribution in [0.25, 0.3) is 0 Å². The highest BCUT2D eigenvalue weighted by molar-refractivity contribution is 9.10. The number of nitrogens with zero attached hydrogens (tertiary/aromatic N) is 2. The molecule has 0 unspecified atom stereocenters. The molecule has 0 aliphatic heterocycles. The van der Waals surface area contributed by atoms with Crippen LogP contribution in [0.2, 0.25) is 0 Å². The lowest BCUT2D eigenvalue weighted by atomic mass is 10.1. The Kier molecular flexibility index (Phi) is 10.9. The summed E-state index contributed by atoms with van der Waals surface area (Å²) in [6.45, 7) is 9.30. The van der Waals surface area contributed by atoms with Crippen molar-refractivity contribution in [2.24, 2.45) is 0 Å². The Morgan fingerprint density at radius 3 is 2.17 bits per heavy atom. The molecule has 0 fully saturated rings. The first-order valence-electron chi connectivity index (χ1n) is 13.5. The third-order valence-corrected chi connectivity index (χ3v) is 9.09. The highest BCUT2D eigenvalue weighted by atomic mass is 79.9. The Morgan fingerprint density at radius 2 is 1.57 bits per heavy atom. The summed E-state index contributed by atoms with van der Waals surface area (Å²) in [5.41, 5.74) is 3.15. The number of hydrogen-bond donors (Lipinski definition) is 1. The molecule has 7 nitrogen and oxygen atoms in total. The largest absolute Gasteiger partial charge is 0.352 e. The second kappa shape index (κ2) is 13.9. The molecule has 214 valence electrons. The standard InChI is InChI=1S/C31H38BrN3O4S/c1-6-24(5)33-31(37)29(7-2)34(20-25-11-8-10-23(4)18-25)30(36)21-35(27-13-9-12-26(32)19-27)40(38,39)28-16-14-22(3)15-17-28/h8-19,24,29H,6-7,20-21H2,1-5H3,(H,33,37)/t24-,29-/m0/s1. The summed E-state index contributed by atoms with van der Waals surface area (Å²) in [5, 5.41) is 3.00. The Morgan fingerprint density at radius 1 is 0.900 bits per heavy atom. The molecule has 40 heavy (non-hydrogen) atoms. The van der Waals surface area contributed by atoms with E-state index in [1.807, 2.05) is 58.9 Å². The number of amides is 2. The normalized spacial score (nSPS) is 12.8. The fourth-order valence-electron chi connectivity index (χ4n) is 4.37. The summed E-state index contributed by atoms with van der Waals surface area (Å²) >= 11 is 3.42. The molecule has 0 aliphatic carbocycles. The van der Waals surface area contributed by atoms with Gasteiger partial charge >= 0.3 is 0 Å². The monoisotopic (exact) mass is 627 g/mol. The van der Waals surface area contributed by atoms with E-state index in [4.69, 9.17) is 0 Å². The van der Waals surface area contributed by atoms with E-state index in [0.29, 0.717) is 16.6 Å². The third kappa shape index (κ3) is 7.95. The molecule has 0 saturated heterocycles. The van der Waals surface area contributed by atoms with E-state index in [2.05, 4.69) is 21.2 Å². The minimum atomic E-state index is -4.11. The molecule has 3 aromatic carbocycles. The SMILES string of the molecule is CC[C@H](C)NC(=O)[C@H](CC)N(Cc1cccc(C)c1)C(=O)CN(c1cccc(Br)c1)S(=O)(=O)c1ccc(C)cc1. The molecule has 0 radical (unpaired) electrons. The van der Waals surface area contributed by atoms with E-state index >= 15 is 0 Å². The van der Waals surface area contributed by atoms with Crippen LogP contribution in [0.5, 0.6) is 0 Å². The number of aryl methyl sites for hydroxylation is 2. The molecule has 2 amide bonds. The molecule has 0 heterocycles. The minimum Gasteiger partial charge on any atom is -0.352 e. The van der Waals surface area contributed by atoms with E-state index in [-0.39, 0.29) is 23.4 Å². The highest BCUT2D eigenvalue weighted by Crippen LogP contribution is 2.27. The van der Waals surface area contributed by atoms with Gasteiger partial charge in [0.15, 0.2) is 0 Å². The number of carbonyl (C=O) groups is 2. The Labute approximate surface area is 246 Å². The van der Waals surface area contributed by atoms with Crippen LogP contribution in [0.1, 0.15) is 50.3 Å². The van der Waals surface area contributed by atoms with Crippen LogP contribution >= 0.6 is 15.9 Å². The first kappa shape index (κ1) is 31.4. The molecule has 0 saturated carbocycles. The zero-order valence-corrected chi connectivity index (χ0v) is 26.1. The summed E-state index contributed by atoms with van der Waals surface area (Å²) in [5.74, 6) is -0.725. The Bertz CT molecular complexity index is 1430. The van der Waals surface area contributed by atoms with Crippen molar-refractivity contribution in [3.8, 4) is 0 Å². The molecule has 9 heteroatoms. The van der Waals surface area contributed by atoms with Crippen molar-refractivity contribution in [2.75, 3.05) is 10.8 Å². The lowest BCUT2D eigenvalue weighted by molar-refractivity contribution is -0.140.